The zero-order chi connectivity index (χ0) is 14.4. The lowest BCUT2D eigenvalue weighted by molar-refractivity contribution is 0.845. The minimum absolute atomic E-state index is 1.17. The first-order chi connectivity index (χ1) is 9.81. The molecular weight excluding hydrogens is 240 g/mol. The molecule has 2 aromatic carbocycles. The van der Waals surface area contributed by atoms with Gasteiger partial charge in [-0.2, -0.15) is 0 Å². The SMILES string of the molecule is CCC/C(CC)=C(\CCC)c1cccc2ccccc12. The number of rotatable bonds is 6. The maximum absolute atomic E-state index is 2.30. The Labute approximate surface area is 123 Å². The monoisotopic (exact) mass is 266 g/mol. The van der Waals surface area contributed by atoms with E-state index in [2.05, 4.69) is 63.2 Å². The van der Waals surface area contributed by atoms with Crippen LogP contribution in [0.15, 0.2) is 48.0 Å². The lowest BCUT2D eigenvalue weighted by atomic mass is 9.89. The molecule has 0 aliphatic heterocycles. The fourth-order valence-electron chi connectivity index (χ4n) is 3.08. The summed E-state index contributed by atoms with van der Waals surface area (Å²) >= 11 is 0. The van der Waals surface area contributed by atoms with Crippen LogP contribution in [0.4, 0.5) is 0 Å². The van der Waals surface area contributed by atoms with Crippen LogP contribution in [0.25, 0.3) is 16.3 Å². The lowest BCUT2D eigenvalue weighted by Crippen LogP contribution is -1.94. The number of hydrogen-bond acceptors (Lipinski definition) is 0. The third-order valence-corrected chi connectivity index (χ3v) is 4.02. The van der Waals surface area contributed by atoms with Crippen LogP contribution in [-0.2, 0) is 0 Å². The van der Waals surface area contributed by atoms with Crippen molar-refractivity contribution in [2.75, 3.05) is 0 Å². The minimum atomic E-state index is 1.17. The maximum atomic E-state index is 2.30. The van der Waals surface area contributed by atoms with Gasteiger partial charge in [0.05, 0.1) is 0 Å². The molecule has 0 nitrogen and oxygen atoms in total. The van der Waals surface area contributed by atoms with Crippen LogP contribution in [0.5, 0.6) is 0 Å². The predicted molar refractivity (Wildman–Crippen MR) is 91.0 cm³/mol. The molecule has 0 N–H and O–H groups in total. The van der Waals surface area contributed by atoms with Crippen molar-refractivity contribution >= 4 is 16.3 Å². The fourth-order valence-corrected chi connectivity index (χ4v) is 3.08. The van der Waals surface area contributed by atoms with Crippen molar-refractivity contribution in [1.82, 2.24) is 0 Å². The van der Waals surface area contributed by atoms with E-state index in [1.807, 2.05) is 0 Å². The highest BCUT2D eigenvalue weighted by molar-refractivity contribution is 5.94. The summed E-state index contributed by atoms with van der Waals surface area (Å²) in [6.07, 6.45) is 6.05. The van der Waals surface area contributed by atoms with Gasteiger partial charge in [0.2, 0.25) is 0 Å². The van der Waals surface area contributed by atoms with Gasteiger partial charge in [-0.1, -0.05) is 81.7 Å². The van der Waals surface area contributed by atoms with Crippen LogP contribution < -0.4 is 0 Å². The molecule has 2 aromatic rings. The third-order valence-electron chi connectivity index (χ3n) is 4.02. The van der Waals surface area contributed by atoms with Crippen molar-refractivity contribution in [3.05, 3.63) is 53.6 Å². The van der Waals surface area contributed by atoms with Gasteiger partial charge in [0.1, 0.15) is 0 Å². The summed E-state index contributed by atoms with van der Waals surface area (Å²) < 4.78 is 0. The molecule has 2 rings (SSSR count). The molecule has 0 radical (unpaired) electrons. The molecule has 0 atom stereocenters. The fraction of sp³-hybridized carbons (Fsp3) is 0.400. The molecule has 0 spiro atoms. The van der Waals surface area contributed by atoms with E-state index in [4.69, 9.17) is 0 Å². The number of allylic oxidation sites excluding steroid dienone is 2. The Morgan fingerprint density at radius 3 is 2.20 bits per heavy atom. The average molecular weight is 266 g/mol. The van der Waals surface area contributed by atoms with Crippen molar-refractivity contribution in [2.45, 2.75) is 52.9 Å². The minimum Gasteiger partial charge on any atom is -0.0667 e. The summed E-state index contributed by atoms with van der Waals surface area (Å²) in [5.41, 5.74) is 4.69. The van der Waals surface area contributed by atoms with E-state index in [0.29, 0.717) is 0 Å². The highest BCUT2D eigenvalue weighted by atomic mass is 14.1. The van der Waals surface area contributed by atoms with E-state index in [1.165, 1.54) is 48.4 Å². The van der Waals surface area contributed by atoms with Crippen LogP contribution in [0.2, 0.25) is 0 Å². The van der Waals surface area contributed by atoms with E-state index in [0.717, 1.165) is 0 Å². The predicted octanol–water partition coefficient (Wildman–Crippen LogP) is 6.60. The maximum Gasteiger partial charge on any atom is -0.0109 e. The summed E-state index contributed by atoms with van der Waals surface area (Å²) in [4.78, 5) is 0. The Kier molecular flexibility index (Phi) is 5.40. The number of fused-ring (bicyclic) bond motifs is 1. The molecule has 0 aliphatic carbocycles. The molecular formula is C20H26. The molecule has 0 heteroatoms. The molecule has 0 saturated carbocycles. The highest BCUT2D eigenvalue weighted by Crippen LogP contribution is 2.33. The van der Waals surface area contributed by atoms with Crippen LogP contribution in [0, 0.1) is 0 Å². The van der Waals surface area contributed by atoms with Crippen molar-refractivity contribution in [1.29, 1.82) is 0 Å². The molecule has 0 amide bonds. The Morgan fingerprint density at radius 2 is 1.50 bits per heavy atom. The second-order valence-electron chi connectivity index (χ2n) is 5.46. The molecule has 106 valence electrons. The van der Waals surface area contributed by atoms with Crippen LogP contribution in [0.3, 0.4) is 0 Å². The zero-order valence-corrected chi connectivity index (χ0v) is 13.1. The average Bonchev–Trinajstić information content (AvgIpc) is 2.50. The van der Waals surface area contributed by atoms with Crippen LogP contribution >= 0.6 is 0 Å². The van der Waals surface area contributed by atoms with E-state index in [1.54, 1.807) is 11.1 Å². The molecule has 0 fully saturated rings. The summed E-state index contributed by atoms with van der Waals surface area (Å²) in [7, 11) is 0. The first-order valence-electron chi connectivity index (χ1n) is 8.00. The Balaban J connectivity index is 2.62. The first-order valence-corrected chi connectivity index (χ1v) is 8.00. The Bertz CT molecular complexity index is 585. The number of hydrogen-bond donors (Lipinski definition) is 0. The van der Waals surface area contributed by atoms with Gasteiger partial charge in [-0.05, 0) is 41.2 Å². The zero-order valence-electron chi connectivity index (χ0n) is 13.1. The van der Waals surface area contributed by atoms with Gasteiger partial charge in [-0.3, -0.25) is 0 Å². The normalized spacial score (nSPS) is 12.6. The highest BCUT2D eigenvalue weighted by Gasteiger charge is 2.10. The molecule has 20 heavy (non-hydrogen) atoms. The van der Waals surface area contributed by atoms with E-state index in [-0.39, 0.29) is 0 Å². The van der Waals surface area contributed by atoms with Crippen molar-refractivity contribution in [3.8, 4) is 0 Å². The Morgan fingerprint density at radius 1 is 0.800 bits per heavy atom. The quantitative estimate of drug-likeness (QED) is 0.552. The summed E-state index contributed by atoms with van der Waals surface area (Å²) in [5.74, 6) is 0. The molecule has 0 heterocycles. The van der Waals surface area contributed by atoms with Gasteiger partial charge in [0, 0.05) is 0 Å². The smallest absolute Gasteiger partial charge is 0.0109 e. The summed E-state index contributed by atoms with van der Waals surface area (Å²) in [6.45, 7) is 6.86. The summed E-state index contributed by atoms with van der Waals surface area (Å²) in [6, 6.07) is 15.5. The first kappa shape index (κ1) is 14.8. The largest absolute Gasteiger partial charge is 0.0667 e. The number of benzene rings is 2. The van der Waals surface area contributed by atoms with Gasteiger partial charge in [-0.25, -0.2) is 0 Å². The van der Waals surface area contributed by atoms with Gasteiger partial charge in [0.25, 0.3) is 0 Å². The third kappa shape index (κ3) is 3.12. The lowest BCUT2D eigenvalue weighted by Gasteiger charge is -2.16. The van der Waals surface area contributed by atoms with Gasteiger partial charge in [-0.15, -0.1) is 0 Å². The second kappa shape index (κ2) is 7.28. The van der Waals surface area contributed by atoms with E-state index >= 15 is 0 Å². The van der Waals surface area contributed by atoms with Crippen molar-refractivity contribution in [2.24, 2.45) is 0 Å². The standard InChI is InChI=1S/C20H26/c1-4-10-16(6-3)18(11-5-2)20-15-9-13-17-12-7-8-14-19(17)20/h7-9,12-15H,4-6,10-11H2,1-3H3/b18-16+. The van der Waals surface area contributed by atoms with Crippen molar-refractivity contribution < 1.29 is 0 Å². The molecule has 0 unspecified atom stereocenters. The van der Waals surface area contributed by atoms with Crippen LogP contribution in [0.1, 0.15) is 58.4 Å². The van der Waals surface area contributed by atoms with Gasteiger partial charge >= 0.3 is 0 Å². The van der Waals surface area contributed by atoms with Gasteiger partial charge in [0.15, 0.2) is 0 Å². The Hall–Kier alpha value is -1.56. The molecule has 0 aromatic heterocycles. The molecule has 0 aliphatic rings. The van der Waals surface area contributed by atoms with Crippen LogP contribution in [-0.4, -0.2) is 0 Å². The van der Waals surface area contributed by atoms with Crippen molar-refractivity contribution in [3.63, 3.8) is 0 Å². The second-order valence-corrected chi connectivity index (χ2v) is 5.46. The topological polar surface area (TPSA) is 0 Å². The summed E-state index contributed by atoms with van der Waals surface area (Å²) in [5, 5.41) is 2.76. The van der Waals surface area contributed by atoms with E-state index < -0.39 is 0 Å². The molecule has 0 bridgehead atoms. The van der Waals surface area contributed by atoms with E-state index in [9.17, 15) is 0 Å². The molecule has 0 saturated heterocycles. The van der Waals surface area contributed by atoms with Gasteiger partial charge < -0.3 is 0 Å².